The van der Waals surface area contributed by atoms with Gasteiger partial charge in [0, 0.05) is 10.8 Å². The summed E-state index contributed by atoms with van der Waals surface area (Å²) in [6.45, 7) is 0. The predicted octanol–water partition coefficient (Wildman–Crippen LogP) is 3.18. The average molecular weight is 266 g/mol. The normalized spacial score (nSPS) is 9.80. The SMILES string of the molecule is O=C(CCS)ONc1ccc(Cl)cc1Cl. The van der Waals surface area contributed by atoms with Gasteiger partial charge in [0.25, 0.3) is 0 Å². The standard InChI is InChI=1S/C9H9Cl2NO2S/c10-6-1-2-8(7(11)5-6)12-14-9(13)3-4-15/h1-2,5,12,15H,3-4H2. The van der Waals surface area contributed by atoms with Crippen LogP contribution in [0.5, 0.6) is 0 Å². The van der Waals surface area contributed by atoms with Crippen molar-refractivity contribution in [3.05, 3.63) is 28.2 Å². The molecule has 0 amide bonds. The largest absolute Gasteiger partial charge is 0.343 e. The zero-order valence-electron chi connectivity index (χ0n) is 7.67. The summed E-state index contributed by atoms with van der Waals surface area (Å²) < 4.78 is 0. The highest BCUT2D eigenvalue weighted by atomic mass is 35.5. The highest BCUT2D eigenvalue weighted by molar-refractivity contribution is 7.80. The van der Waals surface area contributed by atoms with Crippen LogP contribution < -0.4 is 5.48 Å². The Kier molecular flexibility index (Phi) is 5.08. The highest BCUT2D eigenvalue weighted by Gasteiger charge is 2.04. The minimum atomic E-state index is -0.393. The number of thiol groups is 1. The fraction of sp³-hybridized carbons (Fsp3) is 0.222. The molecule has 0 spiro atoms. The molecule has 0 saturated heterocycles. The number of halogens is 2. The molecule has 0 saturated carbocycles. The van der Waals surface area contributed by atoms with Crippen LogP contribution >= 0.6 is 35.8 Å². The number of nitrogens with one attached hydrogen (secondary N) is 1. The van der Waals surface area contributed by atoms with Crippen molar-refractivity contribution in [3.63, 3.8) is 0 Å². The summed E-state index contributed by atoms with van der Waals surface area (Å²) in [6, 6.07) is 4.82. The summed E-state index contributed by atoms with van der Waals surface area (Å²) in [7, 11) is 0. The first-order chi connectivity index (χ1) is 7.13. The molecule has 0 radical (unpaired) electrons. The minimum absolute atomic E-state index is 0.237. The van der Waals surface area contributed by atoms with Gasteiger partial charge in [-0.15, -0.1) is 0 Å². The van der Waals surface area contributed by atoms with E-state index in [0.717, 1.165) is 0 Å². The van der Waals surface area contributed by atoms with Crippen LogP contribution in [-0.2, 0) is 9.63 Å². The lowest BCUT2D eigenvalue weighted by atomic mass is 10.3. The van der Waals surface area contributed by atoms with Gasteiger partial charge < -0.3 is 4.84 Å². The maximum absolute atomic E-state index is 11.0. The molecule has 0 fully saturated rings. The Morgan fingerprint density at radius 3 is 2.80 bits per heavy atom. The zero-order valence-corrected chi connectivity index (χ0v) is 10.1. The first-order valence-corrected chi connectivity index (χ1v) is 5.54. The van der Waals surface area contributed by atoms with Crippen molar-refractivity contribution in [2.75, 3.05) is 11.2 Å². The van der Waals surface area contributed by atoms with E-state index >= 15 is 0 Å². The molecule has 0 aromatic heterocycles. The maximum Gasteiger partial charge on any atom is 0.332 e. The molecule has 6 heteroatoms. The van der Waals surface area contributed by atoms with Crippen molar-refractivity contribution in [2.45, 2.75) is 6.42 Å². The topological polar surface area (TPSA) is 38.3 Å². The van der Waals surface area contributed by atoms with Crippen LogP contribution in [0, 0.1) is 0 Å². The molecule has 0 unspecified atom stereocenters. The summed E-state index contributed by atoms with van der Waals surface area (Å²) in [6.07, 6.45) is 0.237. The van der Waals surface area contributed by atoms with Crippen LogP contribution in [0.3, 0.4) is 0 Å². The maximum atomic E-state index is 11.0. The molecule has 0 heterocycles. The van der Waals surface area contributed by atoms with Crippen molar-refractivity contribution in [1.82, 2.24) is 0 Å². The molecule has 0 aliphatic rings. The van der Waals surface area contributed by atoms with E-state index in [9.17, 15) is 4.79 Å². The summed E-state index contributed by atoms with van der Waals surface area (Å²) in [4.78, 5) is 15.7. The molecule has 0 aliphatic carbocycles. The smallest absolute Gasteiger partial charge is 0.332 e. The van der Waals surface area contributed by atoms with Gasteiger partial charge >= 0.3 is 5.97 Å². The van der Waals surface area contributed by atoms with Crippen molar-refractivity contribution in [1.29, 1.82) is 0 Å². The minimum Gasteiger partial charge on any atom is -0.343 e. The molecule has 0 atom stereocenters. The molecular formula is C9H9Cl2NO2S. The van der Waals surface area contributed by atoms with Crippen LogP contribution in [-0.4, -0.2) is 11.7 Å². The third-order valence-electron chi connectivity index (χ3n) is 1.52. The number of hydrogen-bond donors (Lipinski definition) is 2. The molecule has 1 aromatic rings. The molecule has 82 valence electrons. The second kappa shape index (κ2) is 6.10. The van der Waals surface area contributed by atoms with Gasteiger partial charge in [0.1, 0.15) is 0 Å². The Hall–Kier alpha value is -0.580. The van der Waals surface area contributed by atoms with Gasteiger partial charge in [0.05, 0.1) is 17.1 Å². The number of rotatable bonds is 4. The van der Waals surface area contributed by atoms with Gasteiger partial charge in [0.15, 0.2) is 0 Å². The monoisotopic (exact) mass is 265 g/mol. The molecule has 0 aliphatic heterocycles. The van der Waals surface area contributed by atoms with E-state index < -0.39 is 5.97 Å². The Balaban J connectivity index is 2.54. The van der Waals surface area contributed by atoms with Crippen LogP contribution in [0.2, 0.25) is 10.0 Å². The molecule has 15 heavy (non-hydrogen) atoms. The number of carbonyl (C=O) groups is 1. The van der Waals surface area contributed by atoms with Gasteiger partial charge in [-0.3, -0.25) is 0 Å². The predicted molar refractivity (Wildman–Crippen MR) is 64.6 cm³/mol. The van der Waals surface area contributed by atoms with Gasteiger partial charge in [-0.2, -0.15) is 12.6 Å². The lowest BCUT2D eigenvalue weighted by Crippen LogP contribution is -2.10. The van der Waals surface area contributed by atoms with Crippen molar-refractivity contribution >= 4 is 47.5 Å². The Labute approximate surface area is 103 Å². The number of anilines is 1. The van der Waals surface area contributed by atoms with Crippen molar-refractivity contribution in [3.8, 4) is 0 Å². The molecule has 0 bridgehead atoms. The Morgan fingerprint density at radius 1 is 1.47 bits per heavy atom. The average Bonchev–Trinajstić information content (AvgIpc) is 2.17. The molecule has 1 rings (SSSR count). The van der Waals surface area contributed by atoms with Gasteiger partial charge in [-0.1, -0.05) is 23.2 Å². The summed E-state index contributed by atoms with van der Waals surface area (Å²) in [5.74, 6) is 0.0468. The number of hydrogen-bond acceptors (Lipinski definition) is 4. The van der Waals surface area contributed by atoms with E-state index in [1.54, 1.807) is 18.2 Å². The van der Waals surface area contributed by atoms with E-state index in [4.69, 9.17) is 28.0 Å². The third kappa shape index (κ3) is 4.20. The molecule has 1 N–H and O–H groups in total. The second-order valence-corrected chi connectivity index (χ2v) is 3.96. The van der Waals surface area contributed by atoms with E-state index in [-0.39, 0.29) is 6.42 Å². The molecule has 1 aromatic carbocycles. The quantitative estimate of drug-likeness (QED) is 0.649. The Morgan fingerprint density at radius 2 is 2.20 bits per heavy atom. The zero-order chi connectivity index (χ0) is 11.3. The fourth-order valence-corrected chi connectivity index (χ4v) is 1.46. The molecular weight excluding hydrogens is 257 g/mol. The third-order valence-corrected chi connectivity index (χ3v) is 2.29. The van der Waals surface area contributed by atoms with Crippen molar-refractivity contribution < 1.29 is 9.63 Å². The highest BCUT2D eigenvalue weighted by Crippen LogP contribution is 2.25. The van der Waals surface area contributed by atoms with Crippen LogP contribution in [0.25, 0.3) is 0 Å². The lowest BCUT2D eigenvalue weighted by molar-refractivity contribution is -0.140. The van der Waals surface area contributed by atoms with Gasteiger partial charge in [-0.05, 0) is 18.2 Å². The van der Waals surface area contributed by atoms with Gasteiger partial charge in [-0.25, -0.2) is 10.3 Å². The lowest BCUT2D eigenvalue weighted by Gasteiger charge is -2.07. The first kappa shape index (κ1) is 12.5. The number of carbonyl (C=O) groups excluding carboxylic acids is 1. The fourth-order valence-electron chi connectivity index (χ4n) is 0.826. The van der Waals surface area contributed by atoms with Crippen LogP contribution in [0.15, 0.2) is 18.2 Å². The van der Waals surface area contributed by atoms with Crippen molar-refractivity contribution in [2.24, 2.45) is 0 Å². The second-order valence-electron chi connectivity index (χ2n) is 2.67. The molecule has 3 nitrogen and oxygen atoms in total. The van der Waals surface area contributed by atoms with E-state index in [1.807, 2.05) is 0 Å². The van der Waals surface area contributed by atoms with E-state index in [2.05, 4.69) is 18.1 Å². The Bertz CT molecular complexity index is 360. The van der Waals surface area contributed by atoms with E-state index in [0.29, 0.717) is 21.5 Å². The van der Waals surface area contributed by atoms with Crippen LogP contribution in [0.4, 0.5) is 5.69 Å². The van der Waals surface area contributed by atoms with E-state index in [1.165, 1.54) is 0 Å². The number of benzene rings is 1. The van der Waals surface area contributed by atoms with Gasteiger partial charge in [0.2, 0.25) is 0 Å². The first-order valence-electron chi connectivity index (χ1n) is 4.15. The van der Waals surface area contributed by atoms with Crippen LogP contribution in [0.1, 0.15) is 6.42 Å². The summed E-state index contributed by atoms with van der Waals surface area (Å²) in [5.41, 5.74) is 2.94. The summed E-state index contributed by atoms with van der Waals surface area (Å²) in [5, 5.41) is 0.911. The summed E-state index contributed by atoms with van der Waals surface area (Å²) >= 11 is 15.4.